The van der Waals surface area contributed by atoms with Crippen LogP contribution in [-0.4, -0.2) is 48.4 Å². The third-order valence-corrected chi connectivity index (χ3v) is 3.12. The summed E-state index contributed by atoms with van der Waals surface area (Å²) in [6.45, 7) is 5.49. The number of hydrogen-bond donors (Lipinski definition) is 1. The summed E-state index contributed by atoms with van der Waals surface area (Å²) >= 11 is 0. The largest absolute Gasteiger partial charge is 0.319 e. The zero-order valence-electron chi connectivity index (χ0n) is 9.77. The Morgan fingerprint density at radius 3 is 2.93 bits per heavy atom. The number of hydrogen-bond acceptors (Lipinski definition) is 3. The van der Waals surface area contributed by atoms with E-state index in [0.29, 0.717) is 12.0 Å². The maximum absolute atomic E-state index is 4.44. The first-order chi connectivity index (χ1) is 7.20. The minimum atomic E-state index is 0.543. The Balaban J connectivity index is 1.98. The lowest BCUT2D eigenvalue weighted by Gasteiger charge is -2.36. The third-order valence-electron chi connectivity index (χ3n) is 3.12. The molecule has 1 aliphatic heterocycles. The van der Waals surface area contributed by atoms with Gasteiger partial charge >= 0.3 is 0 Å². The van der Waals surface area contributed by atoms with Crippen molar-refractivity contribution >= 4 is 0 Å². The first kappa shape index (κ1) is 10.6. The van der Waals surface area contributed by atoms with E-state index in [0.717, 1.165) is 19.6 Å². The van der Waals surface area contributed by atoms with Crippen molar-refractivity contribution in [3.8, 4) is 0 Å². The van der Waals surface area contributed by atoms with Crippen LogP contribution in [0.15, 0.2) is 12.4 Å². The minimum absolute atomic E-state index is 0.543. The number of rotatable bonds is 4. The summed E-state index contributed by atoms with van der Waals surface area (Å²) in [6.07, 6.45) is 4.19. The van der Waals surface area contributed by atoms with Crippen molar-refractivity contribution in [3.63, 3.8) is 0 Å². The molecule has 2 heterocycles. The van der Waals surface area contributed by atoms with Crippen LogP contribution in [0.25, 0.3) is 0 Å². The van der Waals surface area contributed by atoms with Gasteiger partial charge in [-0.3, -0.25) is 4.68 Å². The highest BCUT2D eigenvalue weighted by atomic mass is 15.4. The van der Waals surface area contributed by atoms with Crippen LogP contribution in [0.2, 0.25) is 0 Å². The molecule has 0 amide bonds. The molecule has 1 saturated heterocycles. The quantitative estimate of drug-likeness (QED) is 0.790. The van der Waals surface area contributed by atoms with E-state index in [2.05, 4.69) is 40.2 Å². The fourth-order valence-corrected chi connectivity index (χ4v) is 2.06. The van der Waals surface area contributed by atoms with Gasteiger partial charge in [-0.25, -0.2) is 0 Å². The van der Waals surface area contributed by atoms with E-state index in [1.165, 1.54) is 5.56 Å². The number of likely N-dealkylation sites (N-methyl/N-ethyl adjacent to an activating group) is 2. The first-order valence-electron chi connectivity index (χ1n) is 5.58. The van der Waals surface area contributed by atoms with E-state index in [4.69, 9.17) is 0 Å². The van der Waals surface area contributed by atoms with Crippen molar-refractivity contribution in [3.05, 3.63) is 18.0 Å². The van der Waals surface area contributed by atoms with Crippen molar-refractivity contribution in [2.45, 2.75) is 18.9 Å². The van der Waals surface area contributed by atoms with Crippen LogP contribution in [0.4, 0.5) is 0 Å². The van der Waals surface area contributed by atoms with Gasteiger partial charge < -0.3 is 10.2 Å². The van der Waals surface area contributed by atoms with Crippen molar-refractivity contribution in [2.24, 2.45) is 0 Å². The maximum Gasteiger partial charge on any atom is 0.0772 e. The number of nitrogens with one attached hydrogen (secondary N) is 1. The van der Waals surface area contributed by atoms with Gasteiger partial charge in [0.25, 0.3) is 0 Å². The molecule has 0 aliphatic carbocycles. The summed E-state index contributed by atoms with van der Waals surface area (Å²) in [6, 6.07) is 0.588. The second-order valence-electron chi connectivity index (χ2n) is 4.59. The van der Waals surface area contributed by atoms with Gasteiger partial charge in [-0.2, -0.15) is 5.10 Å². The molecular formula is C11H20N4. The highest BCUT2D eigenvalue weighted by Crippen LogP contribution is 2.21. The average Bonchev–Trinajstić information content (AvgIpc) is 2.62. The van der Waals surface area contributed by atoms with E-state index in [9.17, 15) is 0 Å². The van der Waals surface area contributed by atoms with Crippen LogP contribution in [0.1, 0.15) is 24.4 Å². The number of nitrogens with zero attached hydrogens (tertiary/aromatic N) is 3. The van der Waals surface area contributed by atoms with Crippen molar-refractivity contribution in [1.29, 1.82) is 0 Å². The van der Waals surface area contributed by atoms with Gasteiger partial charge in [-0.1, -0.05) is 6.92 Å². The molecule has 1 unspecified atom stereocenters. The zero-order chi connectivity index (χ0) is 10.8. The maximum atomic E-state index is 4.44. The van der Waals surface area contributed by atoms with Gasteiger partial charge in [-0.15, -0.1) is 0 Å². The lowest BCUT2D eigenvalue weighted by Crippen LogP contribution is -2.45. The van der Waals surface area contributed by atoms with E-state index in [1.807, 2.05) is 13.2 Å². The third kappa shape index (κ3) is 2.21. The molecule has 1 N–H and O–H groups in total. The van der Waals surface area contributed by atoms with Crippen LogP contribution < -0.4 is 5.32 Å². The van der Waals surface area contributed by atoms with Crippen LogP contribution >= 0.6 is 0 Å². The van der Waals surface area contributed by atoms with Gasteiger partial charge in [0.15, 0.2) is 0 Å². The first-order valence-corrected chi connectivity index (χ1v) is 5.58. The predicted molar refractivity (Wildman–Crippen MR) is 61.1 cm³/mol. The molecule has 0 spiro atoms. The SMILES string of the molecule is CNCC(C)c1cnn(C2CN(C)C2)c1. The molecule has 15 heavy (non-hydrogen) atoms. The van der Waals surface area contributed by atoms with Gasteiger partial charge in [0.2, 0.25) is 0 Å². The Morgan fingerprint density at radius 1 is 1.60 bits per heavy atom. The summed E-state index contributed by atoms with van der Waals surface area (Å²) in [5.41, 5.74) is 1.33. The molecule has 1 aromatic heterocycles. The Morgan fingerprint density at radius 2 is 2.33 bits per heavy atom. The topological polar surface area (TPSA) is 33.1 Å². The summed E-state index contributed by atoms with van der Waals surface area (Å²) in [5, 5.41) is 7.63. The Bertz CT molecular complexity index is 295. The Labute approximate surface area is 91.3 Å². The molecule has 0 radical (unpaired) electrons. The molecule has 4 nitrogen and oxygen atoms in total. The molecule has 4 heteroatoms. The lowest BCUT2D eigenvalue weighted by molar-refractivity contribution is 0.130. The predicted octanol–water partition coefficient (Wildman–Crippen LogP) is 0.692. The number of aromatic nitrogens is 2. The average molecular weight is 208 g/mol. The van der Waals surface area contributed by atoms with E-state index < -0.39 is 0 Å². The molecule has 0 saturated carbocycles. The van der Waals surface area contributed by atoms with Crippen molar-refractivity contribution in [2.75, 3.05) is 33.7 Å². The van der Waals surface area contributed by atoms with E-state index >= 15 is 0 Å². The highest BCUT2D eigenvalue weighted by molar-refractivity contribution is 5.11. The van der Waals surface area contributed by atoms with Crippen molar-refractivity contribution in [1.82, 2.24) is 20.0 Å². The van der Waals surface area contributed by atoms with Crippen LogP contribution in [0, 0.1) is 0 Å². The summed E-state index contributed by atoms with van der Waals surface area (Å²) in [5.74, 6) is 0.543. The van der Waals surface area contributed by atoms with Gasteiger partial charge in [-0.05, 0) is 25.6 Å². The van der Waals surface area contributed by atoms with Gasteiger partial charge in [0, 0.05) is 25.8 Å². The van der Waals surface area contributed by atoms with E-state index in [-0.39, 0.29) is 0 Å². The summed E-state index contributed by atoms with van der Waals surface area (Å²) < 4.78 is 2.11. The minimum Gasteiger partial charge on any atom is -0.319 e. The molecule has 2 rings (SSSR count). The van der Waals surface area contributed by atoms with Crippen LogP contribution in [0.3, 0.4) is 0 Å². The van der Waals surface area contributed by atoms with Crippen molar-refractivity contribution < 1.29 is 0 Å². The molecule has 1 aliphatic rings. The second-order valence-corrected chi connectivity index (χ2v) is 4.59. The summed E-state index contributed by atoms with van der Waals surface area (Å²) in [4.78, 5) is 2.31. The summed E-state index contributed by atoms with van der Waals surface area (Å²) in [7, 11) is 4.13. The molecule has 1 fully saturated rings. The molecule has 84 valence electrons. The van der Waals surface area contributed by atoms with Gasteiger partial charge in [0.05, 0.1) is 12.2 Å². The smallest absolute Gasteiger partial charge is 0.0772 e. The normalized spacial score (nSPS) is 20.2. The zero-order valence-corrected chi connectivity index (χ0v) is 9.77. The molecule has 0 bridgehead atoms. The standard InChI is InChI=1S/C11H20N4/c1-9(4-12-2)10-5-13-15(6-10)11-7-14(3)8-11/h5-6,9,11-12H,4,7-8H2,1-3H3. The fraction of sp³-hybridized carbons (Fsp3) is 0.727. The molecule has 0 aromatic carbocycles. The van der Waals surface area contributed by atoms with Gasteiger partial charge in [0.1, 0.15) is 0 Å². The van der Waals surface area contributed by atoms with Crippen LogP contribution in [-0.2, 0) is 0 Å². The van der Waals surface area contributed by atoms with Crippen LogP contribution in [0.5, 0.6) is 0 Å². The molecular weight excluding hydrogens is 188 g/mol. The Kier molecular flexibility index (Phi) is 3.07. The lowest BCUT2D eigenvalue weighted by atomic mass is 10.1. The molecule has 1 atom stereocenters. The second kappa shape index (κ2) is 4.33. The van der Waals surface area contributed by atoms with E-state index in [1.54, 1.807) is 0 Å². The fourth-order valence-electron chi connectivity index (χ4n) is 2.06. The Hall–Kier alpha value is -0.870. The highest BCUT2D eigenvalue weighted by Gasteiger charge is 2.25. The number of likely N-dealkylation sites (tertiary alicyclic amines) is 1. The monoisotopic (exact) mass is 208 g/mol. The molecule has 1 aromatic rings.